The summed E-state index contributed by atoms with van der Waals surface area (Å²) in [5, 5.41) is 2.87. The molecule has 2 rings (SSSR count). The zero-order valence-corrected chi connectivity index (χ0v) is 8.88. The summed E-state index contributed by atoms with van der Waals surface area (Å²) in [6.07, 6.45) is 3.75. The molecule has 1 aliphatic carbocycles. The van der Waals surface area contributed by atoms with Gasteiger partial charge in [-0.25, -0.2) is 0 Å². The van der Waals surface area contributed by atoms with Gasteiger partial charge >= 0.3 is 0 Å². The highest BCUT2D eigenvalue weighted by molar-refractivity contribution is 5.92. The van der Waals surface area contributed by atoms with Crippen molar-refractivity contribution in [1.29, 1.82) is 0 Å². The van der Waals surface area contributed by atoms with Crippen molar-refractivity contribution < 1.29 is 9.21 Å². The second-order valence-corrected chi connectivity index (χ2v) is 4.32. The van der Waals surface area contributed by atoms with E-state index >= 15 is 0 Å². The Labute approximate surface area is 88.8 Å². The van der Waals surface area contributed by atoms with Gasteiger partial charge in [-0.1, -0.05) is 0 Å². The number of aryl methyl sites for hydroxylation is 1. The molecule has 1 aliphatic rings. The quantitative estimate of drug-likeness (QED) is 0.777. The van der Waals surface area contributed by atoms with Crippen LogP contribution in [0.2, 0.25) is 0 Å². The summed E-state index contributed by atoms with van der Waals surface area (Å²) in [6.45, 7) is 3.15. The van der Waals surface area contributed by atoms with E-state index in [0.29, 0.717) is 18.8 Å². The normalized spacial score (nSPS) is 17.5. The first-order chi connectivity index (χ1) is 7.17. The van der Waals surface area contributed by atoms with Crippen molar-refractivity contribution in [3.05, 3.63) is 23.7 Å². The molecular weight excluding hydrogens is 192 g/mol. The third kappa shape index (κ3) is 2.04. The van der Waals surface area contributed by atoms with E-state index in [2.05, 4.69) is 5.32 Å². The van der Waals surface area contributed by atoms with Crippen molar-refractivity contribution in [1.82, 2.24) is 5.32 Å². The van der Waals surface area contributed by atoms with Crippen molar-refractivity contribution in [3.63, 3.8) is 0 Å². The molecule has 82 valence electrons. The van der Waals surface area contributed by atoms with Crippen LogP contribution in [0.5, 0.6) is 0 Å². The van der Waals surface area contributed by atoms with Gasteiger partial charge in [0, 0.05) is 17.5 Å². The predicted octanol–water partition coefficient (Wildman–Crippen LogP) is 1.06. The molecule has 0 aliphatic heterocycles. The zero-order chi connectivity index (χ0) is 10.9. The molecule has 0 spiro atoms. The van der Waals surface area contributed by atoms with E-state index in [-0.39, 0.29) is 11.3 Å². The van der Waals surface area contributed by atoms with Gasteiger partial charge in [0.05, 0.1) is 6.26 Å². The van der Waals surface area contributed by atoms with Gasteiger partial charge in [-0.05, 0) is 32.4 Å². The molecule has 1 aromatic rings. The second kappa shape index (κ2) is 3.70. The fourth-order valence-corrected chi connectivity index (χ4v) is 1.58. The second-order valence-electron chi connectivity index (χ2n) is 4.32. The molecule has 0 saturated heterocycles. The number of hydrogen-bond donors (Lipinski definition) is 2. The van der Waals surface area contributed by atoms with E-state index in [1.165, 1.54) is 6.26 Å². The van der Waals surface area contributed by atoms with E-state index in [0.717, 1.165) is 18.4 Å². The largest absolute Gasteiger partial charge is 0.459 e. The van der Waals surface area contributed by atoms with Crippen molar-refractivity contribution in [2.24, 2.45) is 11.1 Å². The highest BCUT2D eigenvalue weighted by atomic mass is 16.3. The maximum atomic E-state index is 11.7. The highest BCUT2D eigenvalue weighted by Gasteiger charge is 2.41. The van der Waals surface area contributed by atoms with Gasteiger partial charge in [-0.15, -0.1) is 0 Å². The lowest BCUT2D eigenvalue weighted by Gasteiger charge is -2.12. The Balaban J connectivity index is 1.91. The summed E-state index contributed by atoms with van der Waals surface area (Å²) in [6, 6.07) is 1.78. The number of furan rings is 1. The summed E-state index contributed by atoms with van der Waals surface area (Å²) < 4.78 is 5.10. The van der Waals surface area contributed by atoms with Gasteiger partial charge in [0.1, 0.15) is 0 Å². The molecule has 1 heterocycles. The Morgan fingerprint density at radius 1 is 1.67 bits per heavy atom. The number of hydrogen-bond acceptors (Lipinski definition) is 3. The van der Waals surface area contributed by atoms with Crippen LogP contribution in [0.1, 0.15) is 29.0 Å². The maximum Gasteiger partial charge on any atom is 0.287 e. The summed E-state index contributed by atoms with van der Waals surface area (Å²) in [7, 11) is 0. The van der Waals surface area contributed by atoms with Crippen LogP contribution < -0.4 is 11.1 Å². The minimum absolute atomic E-state index is 0.141. The molecule has 1 fully saturated rings. The zero-order valence-electron chi connectivity index (χ0n) is 8.88. The number of rotatable bonds is 4. The number of nitrogens with two attached hydrogens (primary N) is 1. The topological polar surface area (TPSA) is 68.3 Å². The van der Waals surface area contributed by atoms with E-state index < -0.39 is 0 Å². The van der Waals surface area contributed by atoms with Crippen LogP contribution in [0.15, 0.2) is 16.7 Å². The molecule has 0 atom stereocenters. The summed E-state index contributed by atoms with van der Waals surface area (Å²) >= 11 is 0. The first-order valence-electron chi connectivity index (χ1n) is 5.19. The molecule has 4 nitrogen and oxygen atoms in total. The molecule has 3 N–H and O–H groups in total. The van der Waals surface area contributed by atoms with Crippen molar-refractivity contribution >= 4 is 5.91 Å². The Morgan fingerprint density at radius 3 is 2.87 bits per heavy atom. The van der Waals surface area contributed by atoms with E-state index in [9.17, 15) is 4.79 Å². The third-order valence-corrected chi connectivity index (χ3v) is 3.08. The minimum atomic E-state index is -0.141. The molecule has 0 bridgehead atoms. The van der Waals surface area contributed by atoms with Crippen LogP contribution in [0, 0.1) is 12.3 Å². The number of nitrogens with one attached hydrogen (secondary N) is 1. The number of carbonyl (C=O) groups is 1. The molecule has 1 amide bonds. The molecule has 0 unspecified atom stereocenters. The fourth-order valence-electron chi connectivity index (χ4n) is 1.58. The van der Waals surface area contributed by atoms with E-state index in [4.69, 9.17) is 10.2 Å². The van der Waals surface area contributed by atoms with Gasteiger partial charge in [-0.3, -0.25) is 4.79 Å². The van der Waals surface area contributed by atoms with Gasteiger partial charge in [0.2, 0.25) is 0 Å². The standard InChI is InChI=1S/C11H16N2O2/c1-8-2-5-15-9(8)10(14)13-7-11(6-12)3-4-11/h2,5H,3-4,6-7,12H2,1H3,(H,13,14). The number of amides is 1. The number of carbonyl (C=O) groups excluding carboxylic acids is 1. The third-order valence-electron chi connectivity index (χ3n) is 3.08. The van der Waals surface area contributed by atoms with Crippen LogP contribution in [0.4, 0.5) is 0 Å². The van der Waals surface area contributed by atoms with Gasteiger partial charge in [0.25, 0.3) is 5.91 Å². The molecule has 0 aromatic carbocycles. The molecule has 0 radical (unpaired) electrons. The first-order valence-corrected chi connectivity index (χ1v) is 5.19. The SMILES string of the molecule is Cc1ccoc1C(=O)NCC1(CN)CC1. The summed E-state index contributed by atoms with van der Waals surface area (Å²) in [4.78, 5) is 11.7. The summed E-state index contributed by atoms with van der Waals surface area (Å²) in [5.74, 6) is 0.264. The van der Waals surface area contributed by atoms with Gasteiger partial charge < -0.3 is 15.5 Å². The Morgan fingerprint density at radius 2 is 2.40 bits per heavy atom. The molecule has 1 aromatic heterocycles. The minimum Gasteiger partial charge on any atom is -0.459 e. The Hall–Kier alpha value is -1.29. The smallest absolute Gasteiger partial charge is 0.287 e. The van der Waals surface area contributed by atoms with Crippen LogP contribution in [-0.2, 0) is 0 Å². The van der Waals surface area contributed by atoms with Crippen molar-refractivity contribution in [2.75, 3.05) is 13.1 Å². The average Bonchev–Trinajstić information content (AvgIpc) is 2.91. The molecular formula is C11H16N2O2. The van der Waals surface area contributed by atoms with Crippen molar-refractivity contribution in [3.8, 4) is 0 Å². The van der Waals surface area contributed by atoms with E-state index in [1.54, 1.807) is 6.07 Å². The van der Waals surface area contributed by atoms with Crippen LogP contribution >= 0.6 is 0 Å². The molecule has 4 heteroatoms. The maximum absolute atomic E-state index is 11.7. The van der Waals surface area contributed by atoms with Gasteiger partial charge in [-0.2, -0.15) is 0 Å². The molecule has 15 heavy (non-hydrogen) atoms. The van der Waals surface area contributed by atoms with Crippen LogP contribution in [0.25, 0.3) is 0 Å². The Kier molecular flexibility index (Phi) is 2.52. The monoisotopic (exact) mass is 208 g/mol. The van der Waals surface area contributed by atoms with E-state index in [1.807, 2.05) is 6.92 Å². The van der Waals surface area contributed by atoms with Crippen LogP contribution in [-0.4, -0.2) is 19.0 Å². The van der Waals surface area contributed by atoms with Gasteiger partial charge in [0.15, 0.2) is 5.76 Å². The average molecular weight is 208 g/mol. The Bertz CT molecular complexity index is 366. The predicted molar refractivity (Wildman–Crippen MR) is 56.5 cm³/mol. The van der Waals surface area contributed by atoms with Crippen LogP contribution in [0.3, 0.4) is 0 Å². The highest BCUT2D eigenvalue weighted by Crippen LogP contribution is 2.43. The lowest BCUT2D eigenvalue weighted by molar-refractivity contribution is 0.0917. The molecule has 1 saturated carbocycles. The summed E-state index contributed by atoms with van der Waals surface area (Å²) in [5.41, 5.74) is 6.66. The lowest BCUT2D eigenvalue weighted by Crippen LogP contribution is -2.33. The lowest BCUT2D eigenvalue weighted by atomic mass is 10.1. The van der Waals surface area contributed by atoms with Crippen molar-refractivity contribution in [2.45, 2.75) is 19.8 Å². The fraction of sp³-hybridized carbons (Fsp3) is 0.545. The first kappa shape index (κ1) is 10.2.